The van der Waals surface area contributed by atoms with Gasteiger partial charge in [0.25, 0.3) is 0 Å². The first-order valence-corrected chi connectivity index (χ1v) is 10.3. The Morgan fingerprint density at radius 1 is 0.773 bits per heavy atom. The Kier molecular flexibility index (Phi) is 19.5. The van der Waals surface area contributed by atoms with Gasteiger partial charge in [-0.15, -0.1) is 0 Å². The molecule has 0 bridgehead atoms. The molecule has 2 N–H and O–H groups in total. The van der Waals surface area contributed by atoms with Gasteiger partial charge >= 0.3 is 37.4 Å². The molecular formula is C16H36NaO4P. The molecule has 0 aliphatic rings. The first-order valence-electron chi connectivity index (χ1n) is 8.73. The minimum absolute atomic E-state index is 0. The van der Waals surface area contributed by atoms with E-state index >= 15 is 0 Å². The summed E-state index contributed by atoms with van der Waals surface area (Å²) in [6.07, 6.45) is 14.8. The topological polar surface area (TPSA) is 66.8 Å². The van der Waals surface area contributed by atoms with Gasteiger partial charge in [0.2, 0.25) is 0 Å². The molecule has 4 nitrogen and oxygen atoms in total. The van der Waals surface area contributed by atoms with Crippen LogP contribution in [0.1, 0.15) is 97.3 Å². The molecular weight excluding hydrogens is 310 g/mol. The van der Waals surface area contributed by atoms with Crippen LogP contribution in [0.15, 0.2) is 0 Å². The summed E-state index contributed by atoms with van der Waals surface area (Å²) in [6, 6.07) is 0. The molecule has 22 heavy (non-hydrogen) atoms. The number of phosphoric acid groups is 1. The number of phosphoric ester groups is 1. The maximum absolute atomic E-state index is 10.9. The van der Waals surface area contributed by atoms with Crippen molar-refractivity contribution in [3.05, 3.63) is 0 Å². The molecule has 130 valence electrons. The van der Waals surface area contributed by atoms with Gasteiger partial charge in [-0.3, -0.25) is 4.52 Å². The molecule has 0 spiro atoms. The van der Waals surface area contributed by atoms with Crippen molar-refractivity contribution in [2.75, 3.05) is 0 Å². The first-order chi connectivity index (χ1) is 9.99. The van der Waals surface area contributed by atoms with Crippen molar-refractivity contribution in [3.8, 4) is 0 Å². The van der Waals surface area contributed by atoms with Crippen LogP contribution in [0, 0.1) is 0 Å². The predicted molar refractivity (Wildman–Crippen MR) is 95.4 cm³/mol. The molecule has 6 heteroatoms. The summed E-state index contributed by atoms with van der Waals surface area (Å²) in [6.45, 7) is 4.25. The second kappa shape index (κ2) is 17.0. The third-order valence-corrected chi connectivity index (χ3v) is 4.35. The molecule has 0 aliphatic carbocycles. The fourth-order valence-corrected chi connectivity index (χ4v) is 3.22. The summed E-state index contributed by atoms with van der Waals surface area (Å²) in [4.78, 5) is 17.7. The Balaban J connectivity index is 0. The average Bonchev–Trinajstić information content (AvgIpc) is 2.39. The Morgan fingerprint density at radius 3 is 1.64 bits per heavy atom. The van der Waals surface area contributed by atoms with E-state index in [9.17, 15) is 4.57 Å². The molecule has 0 aromatic rings. The van der Waals surface area contributed by atoms with Crippen LogP contribution in [0.3, 0.4) is 0 Å². The van der Waals surface area contributed by atoms with E-state index in [4.69, 9.17) is 14.3 Å². The van der Waals surface area contributed by atoms with E-state index in [0.717, 1.165) is 32.1 Å². The third kappa shape index (κ3) is 19.2. The summed E-state index contributed by atoms with van der Waals surface area (Å²) < 4.78 is 15.7. The van der Waals surface area contributed by atoms with E-state index in [-0.39, 0.29) is 35.7 Å². The number of hydrogen-bond acceptors (Lipinski definition) is 2. The van der Waals surface area contributed by atoms with E-state index in [2.05, 4.69) is 6.92 Å². The van der Waals surface area contributed by atoms with Crippen LogP contribution in [0.5, 0.6) is 0 Å². The van der Waals surface area contributed by atoms with E-state index in [1.54, 1.807) is 0 Å². The first kappa shape index (κ1) is 25.4. The molecule has 0 aromatic heterocycles. The molecule has 0 aliphatic heterocycles. The molecule has 0 aromatic carbocycles. The Labute approximate surface area is 159 Å². The normalized spacial score (nSPS) is 12.9. The molecule has 0 saturated heterocycles. The fraction of sp³-hybridized carbons (Fsp3) is 1.00. The van der Waals surface area contributed by atoms with Crippen LogP contribution in [0.4, 0.5) is 0 Å². The van der Waals surface area contributed by atoms with E-state index in [1.807, 2.05) is 6.92 Å². The van der Waals surface area contributed by atoms with Gasteiger partial charge in [-0.2, -0.15) is 0 Å². The van der Waals surface area contributed by atoms with Gasteiger partial charge in [0.15, 0.2) is 0 Å². The van der Waals surface area contributed by atoms with Gasteiger partial charge in [-0.05, 0) is 12.8 Å². The molecule has 1 atom stereocenters. The van der Waals surface area contributed by atoms with Crippen molar-refractivity contribution in [2.45, 2.75) is 103 Å². The monoisotopic (exact) mass is 346 g/mol. The minimum atomic E-state index is -4.33. The zero-order chi connectivity index (χ0) is 16.0. The van der Waals surface area contributed by atoms with Gasteiger partial charge in [0.05, 0.1) is 6.10 Å². The van der Waals surface area contributed by atoms with Crippen molar-refractivity contribution < 1.29 is 18.9 Å². The molecule has 0 fully saturated rings. The van der Waals surface area contributed by atoms with Crippen molar-refractivity contribution in [2.24, 2.45) is 0 Å². The van der Waals surface area contributed by atoms with Crippen LogP contribution < -0.4 is 0 Å². The number of hydrogen-bond donors (Lipinski definition) is 2. The summed E-state index contributed by atoms with van der Waals surface area (Å²) >= 11 is 0. The van der Waals surface area contributed by atoms with Crippen molar-refractivity contribution in [3.63, 3.8) is 0 Å². The summed E-state index contributed by atoms with van der Waals surface area (Å²) in [5, 5.41) is 0. The fourth-order valence-electron chi connectivity index (χ4n) is 2.63. The van der Waals surface area contributed by atoms with E-state index < -0.39 is 7.82 Å². The molecule has 1 unspecified atom stereocenters. The second-order valence-corrected chi connectivity index (χ2v) is 7.17. The van der Waals surface area contributed by atoms with Crippen LogP contribution in [0.2, 0.25) is 0 Å². The van der Waals surface area contributed by atoms with E-state index in [0.29, 0.717) is 0 Å². The van der Waals surface area contributed by atoms with Crippen molar-refractivity contribution >= 4 is 37.4 Å². The standard InChI is InChI=1S/C16H35O4P.Na.H/c1-3-5-6-7-8-9-10-11-12-13-15-16(14-4-2)20-21(17,18)19;;/h16H,3-15H2,1-2H3,(H2,17,18,19);;. The quantitative estimate of drug-likeness (QED) is 0.251. The molecule has 0 amide bonds. The van der Waals surface area contributed by atoms with Crippen LogP contribution in [-0.2, 0) is 9.09 Å². The van der Waals surface area contributed by atoms with Gasteiger partial charge in [0, 0.05) is 0 Å². The number of unbranched alkanes of at least 4 members (excludes halogenated alkanes) is 9. The van der Waals surface area contributed by atoms with Crippen LogP contribution in [-0.4, -0.2) is 45.4 Å². The third-order valence-electron chi connectivity index (χ3n) is 3.78. The zero-order valence-corrected chi connectivity index (χ0v) is 14.8. The van der Waals surface area contributed by atoms with Crippen molar-refractivity contribution in [1.29, 1.82) is 0 Å². The van der Waals surface area contributed by atoms with Gasteiger partial charge < -0.3 is 9.79 Å². The Morgan fingerprint density at radius 2 is 1.23 bits per heavy atom. The van der Waals surface area contributed by atoms with E-state index in [1.165, 1.54) is 51.4 Å². The van der Waals surface area contributed by atoms with Crippen LogP contribution in [0.25, 0.3) is 0 Å². The average molecular weight is 346 g/mol. The summed E-state index contributed by atoms with van der Waals surface area (Å²) in [7, 11) is -4.33. The second-order valence-electron chi connectivity index (χ2n) is 5.98. The SMILES string of the molecule is CCCCCCCCCCCCC(CCC)OP(=O)(O)O.[NaH]. The maximum atomic E-state index is 10.9. The molecule has 0 radical (unpaired) electrons. The van der Waals surface area contributed by atoms with Gasteiger partial charge in [0.1, 0.15) is 0 Å². The summed E-state index contributed by atoms with van der Waals surface area (Å²) in [5.41, 5.74) is 0. The zero-order valence-electron chi connectivity index (χ0n) is 13.9. The Hall–Kier alpha value is 1.11. The molecule has 0 heterocycles. The van der Waals surface area contributed by atoms with Crippen molar-refractivity contribution in [1.82, 2.24) is 0 Å². The Bertz CT molecular complexity index is 271. The molecule has 0 rings (SSSR count). The summed E-state index contributed by atoms with van der Waals surface area (Å²) in [5.74, 6) is 0. The van der Waals surface area contributed by atoms with Gasteiger partial charge in [-0.25, -0.2) is 4.57 Å². The van der Waals surface area contributed by atoms with Crippen LogP contribution >= 0.6 is 7.82 Å². The van der Waals surface area contributed by atoms with Gasteiger partial charge in [-0.1, -0.05) is 84.5 Å². The molecule has 0 saturated carbocycles. The number of rotatable bonds is 15. The predicted octanol–water partition coefficient (Wildman–Crippen LogP) is 4.93.